The van der Waals surface area contributed by atoms with E-state index in [2.05, 4.69) is 20.7 Å². The van der Waals surface area contributed by atoms with Gasteiger partial charge in [-0.2, -0.15) is 0 Å². The van der Waals surface area contributed by atoms with Gasteiger partial charge < -0.3 is 13.7 Å². The number of hydrogen-bond donors (Lipinski definition) is 1. The summed E-state index contributed by atoms with van der Waals surface area (Å²) in [6.07, 6.45) is -0.108. The Morgan fingerprint density at radius 1 is 1.00 bits per heavy atom. The van der Waals surface area contributed by atoms with Gasteiger partial charge in [0.05, 0.1) is 6.42 Å². The van der Waals surface area contributed by atoms with Gasteiger partial charge in [-0.15, -0.1) is 5.10 Å². The van der Waals surface area contributed by atoms with E-state index in [-0.39, 0.29) is 18.3 Å². The third-order valence-electron chi connectivity index (χ3n) is 3.82. The molecule has 2 aromatic heterocycles. The number of benzene rings is 2. The summed E-state index contributed by atoms with van der Waals surface area (Å²) in [5.41, 5.74) is 1.75. The average molecular weight is 378 g/mol. The van der Waals surface area contributed by atoms with Crippen LogP contribution in [0.15, 0.2) is 63.5 Å². The number of aromatic nitrogens is 3. The lowest BCUT2D eigenvalue weighted by Crippen LogP contribution is -2.21. The van der Waals surface area contributed by atoms with Gasteiger partial charge in [0, 0.05) is 10.9 Å². The summed E-state index contributed by atoms with van der Waals surface area (Å²) in [5.74, 6) is -0.933. The van der Waals surface area contributed by atoms with Crippen LogP contribution in [0.2, 0.25) is 0 Å². The Balaban J connectivity index is 1.30. The van der Waals surface area contributed by atoms with Gasteiger partial charge in [0.15, 0.2) is 12.2 Å². The highest BCUT2D eigenvalue weighted by molar-refractivity contribution is 5.91. The van der Waals surface area contributed by atoms with Crippen molar-refractivity contribution in [1.82, 2.24) is 15.4 Å². The number of nitrogens with one attached hydrogen (secondary N) is 1. The zero-order valence-corrected chi connectivity index (χ0v) is 14.5. The fourth-order valence-electron chi connectivity index (χ4n) is 2.53. The quantitative estimate of drug-likeness (QED) is 0.508. The normalized spacial score (nSPS) is 10.7. The molecule has 0 saturated carbocycles. The molecular weight excluding hydrogens is 364 g/mol. The number of rotatable bonds is 6. The molecule has 9 nitrogen and oxygen atoms in total. The molecule has 0 radical (unpaired) electrons. The summed E-state index contributed by atoms with van der Waals surface area (Å²) in [7, 11) is 0. The molecule has 0 unspecified atom stereocenters. The molecule has 1 amide bonds. The van der Waals surface area contributed by atoms with Crippen molar-refractivity contribution in [2.24, 2.45) is 0 Å². The molecule has 28 heavy (non-hydrogen) atoms. The molecule has 0 atom stereocenters. The van der Waals surface area contributed by atoms with Crippen molar-refractivity contribution in [2.45, 2.75) is 6.42 Å². The highest BCUT2D eigenvalue weighted by atomic mass is 16.5. The number of ether oxygens (including phenoxy) is 1. The van der Waals surface area contributed by atoms with Gasteiger partial charge in [0.1, 0.15) is 5.69 Å². The lowest BCUT2D eigenvalue weighted by atomic mass is 10.2. The van der Waals surface area contributed by atoms with Crippen LogP contribution in [-0.2, 0) is 20.7 Å². The molecule has 1 N–H and O–H groups in total. The number of esters is 1. The largest absolute Gasteiger partial charge is 0.455 e. The molecule has 2 aromatic carbocycles. The van der Waals surface area contributed by atoms with E-state index in [1.807, 2.05) is 24.3 Å². The Hall–Kier alpha value is -4.01. The number of carbonyl (C=O) groups excluding carboxylic acids is 2. The first kappa shape index (κ1) is 17.4. The topological polar surface area (TPSA) is 120 Å². The van der Waals surface area contributed by atoms with Gasteiger partial charge in [0.2, 0.25) is 5.89 Å². The van der Waals surface area contributed by atoms with Gasteiger partial charge in [-0.1, -0.05) is 40.6 Å². The van der Waals surface area contributed by atoms with Crippen molar-refractivity contribution in [2.75, 3.05) is 11.9 Å². The number of anilines is 1. The van der Waals surface area contributed by atoms with Crippen LogP contribution >= 0.6 is 0 Å². The number of para-hydroxylation sites is 1. The summed E-state index contributed by atoms with van der Waals surface area (Å²) in [5, 5.41) is 14.6. The van der Waals surface area contributed by atoms with Crippen LogP contribution in [0, 0.1) is 0 Å². The molecular formula is C19H14N4O5. The van der Waals surface area contributed by atoms with Crippen molar-refractivity contribution >= 4 is 28.9 Å². The highest BCUT2D eigenvalue weighted by Gasteiger charge is 2.16. The molecule has 9 heteroatoms. The SMILES string of the molecule is O=C(COC(=O)Cc1noc2ccccc12)Nc1nnc(-c2ccccc2)o1. The number of fused-ring (bicyclic) bond motifs is 1. The molecule has 0 aliphatic heterocycles. The van der Waals surface area contributed by atoms with Crippen LogP contribution in [0.3, 0.4) is 0 Å². The van der Waals surface area contributed by atoms with Gasteiger partial charge in [-0.25, -0.2) is 0 Å². The third-order valence-corrected chi connectivity index (χ3v) is 3.82. The van der Waals surface area contributed by atoms with Crippen molar-refractivity contribution in [3.63, 3.8) is 0 Å². The molecule has 140 valence electrons. The van der Waals surface area contributed by atoms with Crippen LogP contribution in [-0.4, -0.2) is 33.8 Å². The maximum absolute atomic E-state index is 12.0. The van der Waals surface area contributed by atoms with Crippen LogP contribution in [0.25, 0.3) is 22.4 Å². The molecule has 0 bridgehead atoms. The fraction of sp³-hybridized carbons (Fsp3) is 0.105. The lowest BCUT2D eigenvalue weighted by Gasteiger charge is -2.03. The molecule has 0 fully saturated rings. The molecule has 0 saturated heterocycles. The van der Waals surface area contributed by atoms with Crippen molar-refractivity contribution in [3.8, 4) is 11.5 Å². The second-order valence-corrected chi connectivity index (χ2v) is 5.79. The lowest BCUT2D eigenvalue weighted by molar-refractivity contribution is -0.146. The summed E-state index contributed by atoms with van der Waals surface area (Å²) in [6, 6.07) is 16.2. The summed E-state index contributed by atoms with van der Waals surface area (Å²) < 4.78 is 15.5. The zero-order chi connectivity index (χ0) is 19.3. The van der Waals surface area contributed by atoms with Crippen LogP contribution in [0.4, 0.5) is 6.01 Å². The monoisotopic (exact) mass is 378 g/mol. The average Bonchev–Trinajstić information content (AvgIpc) is 3.35. The summed E-state index contributed by atoms with van der Waals surface area (Å²) in [6.45, 7) is -0.488. The first-order valence-electron chi connectivity index (χ1n) is 8.37. The van der Waals surface area contributed by atoms with Crippen molar-refractivity contribution < 1.29 is 23.3 Å². The molecule has 4 rings (SSSR count). The van der Waals surface area contributed by atoms with Crippen LogP contribution < -0.4 is 5.32 Å². The Morgan fingerprint density at radius 3 is 2.64 bits per heavy atom. The Bertz CT molecular complexity index is 1120. The van der Waals surface area contributed by atoms with Gasteiger partial charge in [0.25, 0.3) is 5.91 Å². The predicted molar refractivity (Wildman–Crippen MR) is 97.0 cm³/mol. The molecule has 2 heterocycles. The molecule has 0 spiro atoms. The number of nitrogens with zero attached hydrogens (tertiary/aromatic N) is 3. The van der Waals surface area contributed by atoms with E-state index in [1.54, 1.807) is 30.3 Å². The number of carbonyl (C=O) groups is 2. The highest BCUT2D eigenvalue weighted by Crippen LogP contribution is 2.19. The molecule has 4 aromatic rings. The smallest absolute Gasteiger partial charge is 0.322 e. The maximum Gasteiger partial charge on any atom is 0.322 e. The van der Waals surface area contributed by atoms with Crippen molar-refractivity contribution in [1.29, 1.82) is 0 Å². The maximum atomic E-state index is 12.0. The first-order valence-corrected chi connectivity index (χ1v) is 8.37. The second kappa shape index (κ2) is 7.70. The van der Waals surface area contributed by atoms with E-state index in [0.29, 0.717) is 11.3 Å². The Labute approximate surface area is 158 Å². The van der Waals surface area contributed by atoms with E-state index < -0.39 is 18.5 Å². The van der Waals surface area contributed by atoms with Crippen LogP contribution in [0.5, 0.6) is 0 Å². The minimum absolute atomic E-state index is 0.0811. The van der Waals surface area contributed by atoms with Crippen LogP contribution in [0.1, 0.15) is 5.69 Å². The second-order valence-electron chi connectivity index (χ2n) is 5.79. The van der Waals surface area contributed by atoms with Gasteiger partial charge in [-0.05, 0) is 24.3 Å². The fourth-order valence-corrected chi connectivity index (χ4v) is 2.53. The van der Waals surface area contributed by atoms with E-state index in [1.165, 1.54) is 0 Å². The van der Waals surface area contributed by atoms with Gasteiger partial charge >= 0.3 is 12.0 Å². The van der Waals surface area contributed by atoms with E-state index in [9.17, 15) is 9.59 Å². The first-order chi connectivity index (χ1) is 13.7. The molecule has 0 aliphatic rings. The molecule has 0 aliphatic carbocycles. The summed E-state index contributed by atoms with van der Waals surface area (Å²) in [4.78, 5) is 23.9. The zero-order valence-electron chi connectivity index (χ0n) is 14.5. The standard InChI is InChI=1S/C19H14N4O5/c24-16(20-19-22-21-18(27-19)12-6-2-1-3-7-12)11-26-17(25)10-14-13-8-4-5-9-15(13)28-23-14/h1-9H,10-11H2,(H,20,22,24). The number of hydrogen-bond acceptors (Lipinski definition) is 8. The predicted octanol–water partition coefficient (Wildman–Crippen LogP) is 2.60. The minimum Gasteiger partial charge on any atom is -0.455 e. The third kappa shape index (κ3) is 3.88. The van der Waals surface area contributed by atoms with E-state index in [4.69, 9.17) is 13.7 Å². The van der Waals surface area contributed by atoms with E-state index >= 15 is 0 Å². The van der Waals surface area contributed by atoms with Gasteiger partial charge in [-0.3, -0.25) is 14.9 Å². The minimum atomic E-state index is -0.607. The summed E-state index contributed by atoms with van der Waals surface area (Å²) >= 11 is 0. The van der Waals surface area contributed by atoms with Crippen molar-refractivity contribution in [3.05, 3.63) is 60.3 Å². The Kier molecular flexibility index (Phi) is 4.79. The van der Waals surface area contributed by atoms with E-state index in [0.717, 1.165) is 10.9 Å². The number of amides is 1. The Morgan fingerprint density at radius 2 is 1.79 bits per heavy atom.